The highest BCUT2D eigenvalue weighted by molar-refractivity contribution is 5.77. The molecule has 1 atom stereocenters. The minimum Gasteiger partial charge on any atom is -0.466 e. The fourth-order valence-electron chi connectivity index (χ4n) is 3.33. The molecule has 0 radical (unpaired) electrons. The van der Waals surface area contributed by atoms with E-state index in [0.29, 0.717) is 31.7 Å². The van der Waals surface area contributed by atoms with Crippen molar-refractivity contribution in [2.24, 2.45) is 5.41 Å². The Labute approximate surface area is 141 Å². The minimum atomic E-state index is -0.847. The molecule has 134 valence electrons. The smallest absolute Gasteiger partial charge is 0.313 e. The molecular weight excluding hydrogens is 316 g/mol. The van der Waals surface area contributed by atoms with E-state index in [9.17, 15) is 13.6 Å². The number of piperidine rings is 1. The number of carbonyl (C=O) groups excluding carboxylic acids is 1. The standard InChI is InChI=1S/C18H25F2NO3/c1-3-24-17(22)18(9-11-23-2)8-5-10-21(13-18)12-14-6-4-7-15(19)16(14)20/h4,6-7H,3,5,8-13H2,1-2H3. The van der Waals surface area contributed by atoms with Crippen LogP contribution in [0.2, 0.25) is 0 Å². The molecule has 0 spiro atoms. The zero-order valence-corrected chi connectivity index (χ0v) is 14.3. The minimum absolute atomic E-state index is 0.230. The summed E-state index contributed by atoms with van der Waals surface area (Å²) in [5, 5.41) is 0. The zero-order valence-electron chi connectivity index (χ0n) is 14.3. The van der Waals surface area contributed by atoms with Gasteiger partial charge in [-0.25, -0.2) is 8.78 Å². The van der Waals surface area contributed by atoms with Crippen molar-refractivity contribution in [2.75, 3.05) is 33.4 Å². The van der Waals surface area contributed by atoms with Crippen LogP contribution >= 0.6 is 0 Å². The highest BCUT2D eigenvalue weighted by Gasteiger charge is 2.43. The highest BCUT2D eigenvalue weighted by atomic mass is 19.2. The lowest BCUT2D eigenvalue weighted by Crippen LogP contribution is -2.48. The van der Waals surface area contributed by atoms with Crippen LogP contribution in [0.1, 0.15) is 31.7 Å². The number of rotatable bonds is 7. The summed E-state index contributed by atoms with van der Waals surface area (Å²) < 4.78 is 37.7. The summed E-state index contributed by atoms with van der Waals surface area (Å²) in [5.74, 6) is -1.89. The van der Waals surface area contributed by atoms with Gasteiger partial charge in [0.1, 0.15) is 0 Å². The van der Waals surface area contributed by atoms with E-state index in [1.165, 1.54) is 6.07 Å². The van der Waals surface area contributed by atoms with E-state index in [4.69, 9.17) is 9.47 Å². The quantitative estimate of drug-likeness (QED) is 0.714. The fourth-order valence-corrected chi connectivity index (χ4v) is 3.33. The predicted octanol–water partition coefficient (Wildman–Crippen LogP) is 3.15. The second-order valence-electron chi connectivity index (χ2n) is 6.27. The van der Waals surface area contributed by atoms with Gasteiger partial charge in [0.05, 0.1) is 12.0 Å². The first-order valence-electron chi connectivity index (χ1n) is 8.34. The summed E-state index contributed by atoms with van der Waals surface area (Å²) in [4.78, 5) is 14.5. The van der Waals surface area contributed by atoms with Crippen LogP contribution in [0.4, 0.5) is 8.78 Å². The number of likely N-dealkylation sites (tertiary alicyclic amines) is 1. The van der Waals surface area contributed by atoms with Gasteiger partial charge in [0.2, 0.25) is 0 Å². The maximum absolute atomic E-state index is 13.9. The van der Waals surface area contributed by atoms with Crippen LogP contribution in [0.15, 0.2) is 18.2 Å². The van der Waals surface area contributed by atoms with Crippen molar-refractivity contribution < 1.29 is 23.0 Å². The third-order valence-electron chi connectivity index (χ3n) is 4.57. The summed E-state index contributed by atoms with van der Waals surface area (Å²) in [7, 11) is 1.60. The molecule has 1 unspecified atom stereocenters. The van der Waals surface area contributed by atoms with Crippen molar-refractivity contribution in [3.63, 3.8) is 0 Å². The molecule has 0 aromatic heterocycles. The van der Waals surface area contributed by atoms with Gasteiger partial charge < -0.3 is 9.47 Å². The first-order chi connectivity index (χ1) is 11.5. The maximum atomic E-state index is 13.9. The molecule has 1 aliphatic rings. The molecule has 1 heterocycles. The molecular formula is C18H25F2NO3. The van der Waals surface area contributed by atoms with Crippen molar-refractivity contribution in [2.45, 2.75) is 32.7 Å². The van der Waals surface area contributed by atoms with Gasteiger partial charge in [-0.05, 0) is 38.8 Å². The number of ether oxygens (including phenoxy) is 2. The van der Waals surface area contributed by atoms with Gasteiger partial charge >= 0.3 is 5.97 Å². The van der Waals surface area contributed by atoms with Gasteiger partial charge in [-0.2, -0.15) is 0 Å². The second kappa shape index (κ2) is 8.53. The van der Waals surface area contributed by atoms with Gasteiger partial charge in [0, 0.05) is 32.4 Å². The Morgan fingerprint density at radius 2 is 2.17 bits per heavy atom. The van der Waals surface area contributed by atoms with Crippen LogP contribution in [-0.4, -0.2) is 44.3 Å². The number of hydrogen-bond donors (Lipinski definition) is 0. The van der Waals surface area contributed by atoms with Gasteiger partial charge in [0.15, 0.2) is 11.6 Å². The molecule has 1 fully saturated rings. The molecule has 1 aromatic carbocycles. The second-order valence-corrected chi connectivity index (χ2v) is 6.27. The SMILES string of the molecule is CCOC(=O)C1(CCOC)CCCN(Cc2cccc(F)c2F)C1. The van der Waals surface area contributed by atoms with Crippen LogP contribution in [-0.2, 0) is 20.8 Å². The molecule has 6 heteroatoms. The first-order valence-corrected chi connectivity index (χ1v) is 8.34. The van der Waals surface area contributed by atoms with E-state index in [1.54, 1.807) is 20.1 Å². The Bertz CT molecular complexity index is 567. The summed E-state index contributed by atoms with van der Waals surface area (Å²) in [6.45, 7) is 4.05. The number of halogens is 2. The number of methoxy groups -OCH3 is 1. The fraction of sp³-hybridized carbons (Fsp3) is 0.611. The number of benzene rings is 1. The van der Waals surface area contributed by atoms with Crippen molar-refractivity contribution in [1.29, 1.82) is 0 Å². The van der Waals surface area contributed by atoms with Crippen LogP contribution in [0, 0.1) is 17.0 Å². The monoisotopic (exact) mass is 341 g/mol. The Hall–Kier alpha value is -1.53. The summed E-state index contributed by atoms with van der Waals surface area (Å²) in [5.41, 5.74) is -0.338. The average Bonchev–Trinajstić information content (AvgIpc) is 2.58. The van der Waals surface area contributed by atoms with Gasteiger partial charge in [-0.3, -0.25) is 9.69 Å². The molecule has 0 N–H and O–H groups in total. The topological polar surface area (TPSA) is 38.8 Å². The molecule has 0 bridgehead atoms. The van der Waals surface area contributed by atoms with Crippen LogP contribution in [0.3, 0.4) is 0 Å². The molecule has 4 nitrogen and oxygen atoms in total. The average molecular weight is 341 g/mol. The lowest BCUT2D eigenvalue weighted by molar-refractivity contribution is -0.160. The van der Waals surface area contributed by atoms with Gasteiger partial charge in [-0.15, -0.1) is 0 Å². The van der Waals surface area contributed by atoms with Gasteiger partial charge in [0.25, 0.3) is 0 Å². The van der Waals surface area contributed by atoms with Crippen LogP contribution in [0.25, 0.3) is 0 Å². The first kappa shape index (κ1) is 18.8. The third-order valence-corrected chi connectivity index (χ3v) is 4.57. The Balaban J connectivity index is 2.14. The molecule has 1 saturated heterocycles. The number of nitrogens with zero attached hydrogens (tertiary/aromatic N) is 1. The van der Waals surface area contributed by atoms with E-state index in [0.717, 1.165) is 25.5 Å². The van der Waals surface area contributed by atoms with E-state index in [1.807, 2.05) is 4.90 Å². The normalized spacial score (nSPS) is 21.7. The van der Waals surface area contributed by atoms with E-state index in [-0.39, 0.29) is 12.5 Å². The van der Waals surface area contributed by atoms with Crippen molar-refractivity contribution in [3.8, 4) is 0 Å². The molecule has 0 saturated carbocycles. The molecule has 24 heavy (non-hydrogen) atoms. The maximum Gasteiger partial charge on any atom is 0.313 e. The highest BCUT2D eigenvalue weighted by Crippen LogP contribution is 2.36. The molecule has 2 rings (SSSR count). The molecule has 0 aliphatic carbocycles. The van der Waals surface area contributed by atoms with E-state index < -0.39 is 17.0 Å². The predicted molar refractivity (Wildman–Crippen MR) is 86.4 cm³/mol. The summed E-state index contributed by atoms with van der Waals surface area (Å²) in [6, 6.07) is 4.19. The Morgan fingerprint density at radius 1 is 1.38 bits per heavy atom. The molecule has 0 amide bonds. The molecule has 1 aliphatic heterocycles. The van der Waals surface area contributed by atoms with Crippen LogP contribution < -0.4 is 0 Å². The largest absolute Gasteiger partial charge is 0.466 e. The van der Waals surface area contributed by atoms with Crippen LogP contribution in [0.5, 0.6) is 0 Å². The number of hydrogen-bond acceptors (Lipinski definition) is 4. The van der Waals surface area contributed by atoms with Crippen molar-refractivity contribution in [1.82, 2.24) is 4.90 Å². The Morgan fingerprint density at radius 3 is 2.88 bits per heavy atom. The third kappa shape index (κ3) is 4.30. The summed E-state index contributed by atoms with van der Waals surface area (Å²) in [6.07, 6.45) is 2.08. The Kier molecular flexibility index (Phi) is 6.69. The van der Waals surface area contributed by atoms with Crippen molar-refractivity contribution >= 4 is 5.97 Å². The molecule has 1 aromatic rings. The van der Waals surface area contributed by atoms with E-state index >= 15 is 0 Å². The number of esters is 1. The van der Waals surface area contributed by atoms with Crippen molar-refractivity contribution in [3.05, 3.63) is 35.4 Å². The lowest BCUT2D eigenvalue weighted by Gasteiger charge is -2.41. The number of carbonyl (C=O) groups is 1. The van der Waals surface area contributed by atoms with E-state index in [2.05, 4.69) is 0 Å². The zero-order chi connectivity index (χ0) is 17.6. The summed E-state index contributed by atoms with van der Waals surface area (Å²) >= 11 is 0. The van der Waals surface area contributed by atoms with Gasteiger partial charge in [-0.1, -0.05) is 12.1 Å². The lowest BCUT2D eigenvalue weighted by atomic mass is 9.77.